The van der Waals surface area contributed by atoms with Gasteiger partial charge in [-0.05, 0) is 6.42 Å². The minimum Gasteiger partial charge on any atom is -0.381 e. The second kappa shape index (κ2) is 3.73. The van der Waals surface area contributed by atoms with E-state index in [1.807, 2.05) is 0 Å². The van der Waals surface area contributed by atoms with Crippen LogP contribution in [-0.4, -0.2) is 30.9 Å². The van der Waals surface area contributed by atoms with Crippen molar-refractivity contribution in [1.29, 1.82) is 0 Å². The minimum absolute atomic E-state index is 0.0584. The number of aliphatic imine (C=N–C) groups is 1. The first-order valence-electron chi connectivity index (χ1n) is 3.94. The molecule has 1 aliphatic heterocycles. The van der Waals surface area contributed by atoms with Crippen LogP contribution >= 0.6 is 0 Å². The maximum atomic E-state index is 8.36. The molecule has 0 aromatic heterocycles. The van der Waals surface area contributed by atoms with Gasteiger partial charge in [0, 0.05) is 12.0 Å². The molecule has 0 aromatic rings. The highest BCUT2D eigenvalue weighted by molar-refractivity contribution is 5.76. The van der Waals surface area contributed by atoms with Gasteiger partial charge in [-0.2, -0.15) is 0 Å². The molecule has 1 atom stereocenters. The lowest BCUT2D eigenvalue weighted by atomic mass is 9.90. The van der Waals surface area contributed by atoms with E-state index in [9.17, 15) is 0 Å². The van der Waals surface area contributed by atoms with E-state index in [1.54, 1.807) is 5.48 Å². The summed E-state index contributed by atoms with van der Waals surface area (Å²) in [6, 6.07) is 0. The summed E-state index contributed by atoms with van der Waals surface area (Å²) in [4.78, 5) is 3.95. The third kappa shape index (κ3) is 2.35. The zero-order valence-electron chi connectivity index (χ0n) is 7.21. The quantitative estimate of drug-likeness (QED) is 0.304. The second-order valence-corrected chi connectivity index (χ2v) is 3.43. The molecule has 1 saturated heterocycles. The Labute approximate surface area is 71.6 Å². The number of nitrogens with one attached hydrogen (secondary N) is 1. The first kappa shape index (κ1) is 9.28. The van der Waals surface area contributed by atoms with Crippen molar-refractivity contribution in [2.24, 2.45) is 16.1 Å². The summed E-state index contributed by atoms with van der Waals surface area (Å²) in [7, 11) is 0. The van der Waals surface area contributed by atoms with Crippen molar-refractivity contribution in [1.82, 2.24) is 5.48 Å². The highest BCUT2D eigenvalue weighted by Crippen LogP contribution is 2.27. The number of guanidine groups is 1. The highest BCUT2D eigenvalue weighted by Gasteiger charge is 2.29. The topological polar surface area (TPSA) is 79.9 Å². The fourth-order valence-electron chi connectivity index (χ4n) is 1.15. The molecule has 1 heterocycles. The lowest BCUT2D eigenvalue weighted by Gasteiger charge is -2.18. The zero-order chi connectivity index (χ0) is 9.03. The molecule has 12 heavy (non-hydrogen) atoms. The van der Waals surface area contributed by atoms with E-state index in [1.165, 1.54) is 0 Å². The number of nitrogens with two attached hydrogens (primary N) is 1. The molecular formula is C7H15N3O2. The van der Waals surface area contributed by atoms with Gasteiger partial charge in [0.05, 0.1) is 13.2 Å². The number of hydrogen-bond donors (Lipinski definition) is 3. The fourth-order valence-corrected chi connectivity index (χ4v) is 1.15. The van der Waals surface area contributed by atoms with Crippen LogP contribution in [0.4, 0.5) is 0 Å². The van der Waals surface area contributed by atoms with Gasteiger partial charge in [0.25, 0.3) is 0 Å². The number of hydroxylamine groups is 1. The molecule has 5 nitrogen and oxygen atoms in total. The molecule has 0 spiro atoms. The number of nitrogens with zero attached hydrogens (tertiary/aromatic N) is 1. The molecule has 1 fully saturated rings. The lowest BCUT2D eigenvalue weighted by molar-refractivity contribution is 0.162. The van der Waals surface area contributed by atoms with Crippen molar-refractivity contribution in [3.63, 3.8) is 0 Å². The Kier molecular flexibility index (Phi) is 2.88. The SMILES string of the molecule is CC1(CN=C(N)NO)CCOC1. The number of hydrogen-bond acceptors (Lipinski definition) is 3. The summed E-state index contributed by atoms with van der Waals surface area (Å²) in [6.45, 7) is 4.19. The molecule has 5 heteroatoms. The Hall–Kier alpha value is -0.810. The molecule has 1 unspecified atom stereocenters. The van der Waals surface area contributed by atoms with E-state index in [0.29, 0.717) is 6.54 Å². The van der Waals surface area contributed by atoms with Crippen molar-refractivity contribution in [2.75, 3.05) is 19.8 Å². The van der Waals surface area contributed by atoms with Gasteiger partial charge < -0.3 is 10.5 Å². The molecule has 70 valence electrons. The van der Waals surface area contributed by atoms with Crippen molar-refractivity contribution < 1.29 is 9.94 Å². The Balaban J connectivity index is 2.39. The van der Waals surface area contributed by atoms with Crippen LogP contribution in [0.1, 0.15) is 13.3 Å². The van der Waals surface area contributed by atoms with Gasteiger partial charge in [0.15, 0.2) is 0 Å². The normalized spacial score (nSPS) is 30.7. The summed E-state index contributed by atoms with van der Waals surface area (Å²) in [5.74, 6) is 0.0584. The van der Waals surface area contributed by atoms with Gasteiger partial charge >= 0.3 is 0 Å². The van der Waals surface area contributed by atoms with Crippen LogP contribution in [0.2, 0.25) is 0 Å². The van der Waals surface area contributed by atoms with Gasteiger partial charge in [-0.1, -0.05) is 6.92 Å². The molecule has 1 rings (SSSR count). The van der Waals surface area contributed by atoms with Gasteiger partial charge in [0.2, 0.25) is 5.96 Å². The van der Waals surface area contributed by atoms with E-state index in [0.717, 1.165) is 19.6 Å². The summed E-state index contributed by atoms with van der Waals surface area (Å²) in [6.07, 6.45) is 0.995. The smallest absolute Gasteiger partial charge is 0.212 e. The molecule has 0 radical (unpaired) electrons. The standard InChI is InChI=1S/C7H15N3O2/c1-7(2-3-12-5-7)4-9-6(8)10-11/h11H,2-5H2,1H3,(H3,8,9,10). The Bertz CT molecular complexity index is 175. The summed E-state index contributed by atoms with van der Waals surface area (Å²) < 4.78 is 5.23. The van der Waals surface area contributed by atoms with Crippen LogP contribution < -0.4 is 11.2 Å². The van der Waals surface area contributed by atoms with Crippen LogP contribution in [-0.2, 0) is 4.74 Å². The van der Waals surface area contributed by atoms with Crippen molar-refractivity contribution >= 4 is 5.96 Å². The molecular weight excluding hydrogens is 158 g/mol. The van der Waals surface area contributed by atoms with E-state index >= 15 is 0 Å². The van der Waals surface area contributed by atoms with E-state index in [-0.39, 0.29) is 11.4 Å². The first-order chi connectivity index (χ1) is 5.66. The largest absolute Gasteiger partial charge is 0.381 e. The maximum Gasteiger partial charge on any atom is 0.212 e. The highest BCUT2D eigenvalue weighted by atomic mass is 16.5. The molecule has 0 bridgehead atoms. The molecule has 0 saturated carbocycles. The number of rotatable bonds is 2. The van der Waals surface area contributed by atoms with Gasteiger partial charge in [-0.25, -0.2) is 5.48 Å². The van der Waals surface area contributed by atoms with Gasteiger partial charge in [-0.15, -0.1) is 0 Å². The Morgan fingerprint density at radius 3 is 3.08 bits per heavy atom. The van der Waals surface area contributed by atoms with Crippen LogP contribution in [0.5, 0.6) is 0 Å². The maximum absolute atomic E-state index is 8.36. The monoisotopic (exact) mass is 173 g/mol. The van der Waals surface area contributed by atoms with Gasteiger partial charge in [-0.3, -0.25) is 10.2 Å². The van der Waals surface area contributed by atoms with Crippen molar-refractivity contribution in [3.8, 4) is 0 Å². The third-order valence-corrected chi connectivity index (χ3v) is 2.05. The van der Waals surface area contributed by atoms with Crippen LogP contribution in [0.3, 0.4) is 0 Å². The Morgan fingerprint density at radius 1 is 1.83 bits per heavy atom. The second-order valence-electron chi connectivity index (χ2n) is 3.43. The summed E-state index contributed by atoms with van der Waals surface area (Å²) in [5.41, 5.74) is 7.14. The summed E-state index contributed by atoms with van der Waals surface area (Å²) in [5, 5.41) is 8.36. The van der Waals surface area contributed by atoms with E-state index in [2.05, 4.69) is 11.9 Å². The molecule has 0 aliphatic carbocycles. The molecule has 4 N–H and O–H groups in total. The first-order valence-corrected chi connectivity index (χ1v) is 3.94. The Morgan fingerprint density at radius 2 is 2.58 bits per heavy atom. The predicted octanol–water partition coefficient (Wildman–Crippen LogP) is -0.293. The minimum atomic E-state index is 0.0584. The molecule has 1 aliphatic rings. The predicted molar refractivity (Wildman–Crippen MR) is 45.0 cm³/mol. The molecule has 0 amide bonds. The van der Waals surface area contributed by atoms with Crippen LogP contribution in [0, 0.1) is 5.41 Å². The lowest BCUT2D eigenvalue weighted by Crippen LogP contribution is -2.31. The van der Waals surface area contributed by atoms with E-state index in [4.69, 9.17) is 15.7 Å². The third-order valence-electron chi connectivity index (χ3n) is 2.05. The fraction of sp³-hybridized carbons (Fsp3) is 0.857. The molecule has 0 aromatic carbocycles. The van der Waals surface area contributed by atoms with Crippen molar-refractivity contribution in [2.45, 2.75) is 13.3 Å². The van der Waals surface area contributed by atoms with Gasteiger partial charge in [0.1, 0.15) is 0 Å². The zero-order valence-corrected chi connectivity index (χ0v) is 7.21. The average molecular weight is 173 g/mol. The van der Waals surface area contributed by atoms with E-state index < -0.39 is 0 Å². The number of ether oxygens (including phenoxy) is 1. The van der Waals surface area contributed by atoms with Crippen molar-refractivity contribution in [3.05, 3.63) is 0 Å². The van der Waals surface area contributed by atoms with Crippen LogP contribution in [0.15, 0.2) is 4.99 Å². The average Bonchev–Trinajstić information content (AvgIpc) is 2.49. The summed E-state index contributed by atoms with van der Waals surface area (Å²) >= 11 is 0. The van der Waals surface area contributed by atoms with Crippen LogP contribution in [0.25, 0.3) is 0 Å².